The molecular weight excluding hydrogens is 419 g/mol. The second-order valence-corrected chi connectivity index (χ2v) is 9.13. The van der Waals surface area contributed by atoms with E-state index < -0.39 is 5.41 Å². The fourth-order valence-corrected chi connectivity index (χ4v) is 5.27. The number of amides is 1. The fourth-order valence-electron chi connectivity index (χ4n) is 5.27. The highest BCUT2D eigenvalue weighted by Gasteiger charge is 2.45. The number of benzene rings is 2. The van der Waals surface area contributed by atoms with Gasteiger partial charge in [0.05, 0.1) is 11.5 Å². The van der Waals surface area contributed by atoms with Crippen LogP contribution < -0.4 is 0 Å². The molecular formula is C26H29FN4O2. The van der Waals surface area contributed by atoms with E-state index in [1.165, 1.54) is 6.07 Å². The summed E-state index contributed by atoms with van der Waals surface area (Å²) in [7, 11) is 0. The molecule has 2 aromatic carbocycles. The van der Waals surface area contributed by atoms with Gasteiger partial charge in [0.1, 0.15) is 5.82 Å². The van der Waals surface area contributed by atoms with Gasteiger partial charge in [-0.2, -0.15) is 4.98 Å². The Hall–Kier alpha value is -3.06. The Morgan fingerprint density at radius 3 is 2.45 bits per heavy atom. The van der Waals surface area contributed by atoms with Crippen LogP contribution in [0.3, 0.4) is 0 Å². The van der Waals surface area contributed by atoms with Crippen molar-refractivity contribution in [3.63, 3.8) is 0 Å². The molecule has 5 rings (SSSR count). The quantitative estimate of drug-likeness (QED) is 0.571. The van der Waals surface area contributed by atoms with E-state index in [2.05, 4.69) is 22.0 Å². The normalized spacial score (nSPS) is 19.5. The molecule has 1 unspecified atom stereocenters. The summed E-state index contributed by atoms with van der Waals surface area (Å²) in [6.07, 6.45) is 3.58. The van der Waals surface area contributed by atoms with Crippen LogP contribution in [0.4, 0.5) is 4.39 Å². The van der Waals surface area contributed by atoms with Crippen molar-refractivity contribution in [3.05, 3.63) is 71.9 Å². The van der Waals surface area contributed by atoms with Crippen molar-refractivity contribution in [2.45, 2.75) is 44.1 Å². The number of carbonyl (C=O) groups is 1. The topological polar surface area (TPSA) is 62.5 Å². The monoisotopic (exact) mass is 448 g/mol. The molecule has 6 nitrogen and oxygen atoms in total. The first-order chi connectivity index (χ1) is 16.1. The van der Waals surface area contributed by atoms with Gasteiger partial charge in [-0.1, -0.05) is 60.5 Å². The lowest BCUT2D eigenvalue weighted by molar-refractivity contribution is -0.139. The minimum absolute atomic E-state index is 0.0316. The van der Waals surface area contributed by atoms with Gasteiger partial charge in [0, 0.05) is 31.7 Å². The predicted molar refractivity (Wildman–Crippen MR) is 123 cm³/mol. The molecule has 1 atom stereocenters. The number of hydrogen-bond donors (Lipinski definition) is 0. The minimum atomic E-state index is -0.590. The van der Waals surface area contributed by atoms with Crippen LogP contribution in [0.1, 0.15) is 50.1 Å². The van der Waals surface area contributed by atoms with Gasteiger partial charge in [0.25, 0.3) is 0 Å². The lowest BCUT2D eigenvalue weighted by atomic mass is 9.77. The maximum absolute atomic E-state index is 14.0. The Kier molecular flexibility index (Phi) is 5.98. The van der Waals surface area contributed by atoms with Crippen molar-refractivity contribution in [2.24, 2.45) is 0 Å². The molecule has 172 valence electrons. The van der Waals surface area contributed by atoms with Crippen LogP contribution in [0, 0.1) is 5.82 Å². The van der Waals surface area contributed by atoms with E-state index in [-0.39, 0.29) is 17.8 Å². The molecule has 1 aliphatic carbocycles. The van der Waals surface area contributed by atoms with Gasteiger partial charge < -0.3 is 9.42 Å². The summed E-state index contributed by atoms with van der Waals surface area (Å²) in [6, 6.07) is 16.4. The van der Waals surface area contributed by atoms with Gasteiger partial charge in [0.15, 0.2) is 0 Å². The molecule has 1 saturated carbocycles. The van der Waals surface area contributed by atoms with Crippen LogP contribution >= 0.6 is 0 Å². The average Bonchev–Trinajstić information content (AvgIpc) is 3.55. The van der Waals surface area contributed by atoms with Gasteiger partial charge in [0.2, 0.25) is 17.6 Å². The van der Waals surface area contributed by atoms with Crippen molar-refractivity contribution < 1.29 is 13.7 Å². The van der Waals surface area contributed by atoms with Crippen molar-refractivity contribution >= 4 is 5.91 Å². The molecule has 2 aliphatic rings. The number of halogens is 1. The maximum atomic E-state index is 14.0. The molecule has 2 heterocycles. The third kappa shape index (κ3) is 4.17. The number of aromatic nitrogens is 2. The lowest BCUT2D eigenvalue weighted by Gasteiger charge is -2.41. The number of nitrogens with zero attached hydrogens (tertiary/aromatic N) is 4. The molecule has 0 N–H and O–H groups in total. The molecule has 2 fully saturated rings. The first-order valence-corrected chi connectivity index (χ1v) is 11.8. The minimum Gasteiger partial charge on any atom is -0.339 e. The Labute approximate surface area is 193 Å². The van der Waals surface area contributed by atoms with Gasteiger partial charge >= 0.3 is 0 Å². The largest absolute Gasteiger partial charge is 0.339 e. The lowest BCUT2D eigenvalue weighted by Crippen LogP contribution is -2.54. The summed E-state index contributed by atoms with van der Waals surface area (Å²) >= 11 is 0. The Morgan fingerprint density at radius 1 is 1.03 bits per heavy atom. The zero-order valence-corrected chi connectivity index (χ0v) is 18.9. The van der Waals surface area contributed by atoms with Crippen LogP contribution in [-0.4, -0.2) is 52.0 Å². The standard InChI is InChI=1S/C26H29FN4O2/c1-19(24-28-23(29-33-24)20-8-3-2-4-9-20)30-14-16-31(17-15-30)25(32)26(12-5-6-13-26)21-10-7-11-22(27)18-21/h2-4,7-11,18-19H,5-6,12-17H2,1H3. The van der Waals surface area contributed by atoms with Gasteiger partial charge in [-0.3, -0.25) is 9.69 Å². The fraction of sp³-hybridized carbons (Fsp3) is 0.423. The van der Waals surface area contributed by atoms with Crippen molar-refractivity contribution in [3.8, 4) is 11.4 Å². The first kappa shape index (κ1) is 21.8. The molecule has 3 aromatic rings. The Morgan fingerprint density at radius 2 is 1.76 bits per heavy atom. The first-order valence-electron chi connectivity index (χ1n) is 11.8. The van der Waals surface area contributed by atoms with Crippen molar-refractivity contribution in [1.82, 2.24) is 19.9 Å². The summed E-state index contributed by atoms with van der Waals surface area (Å²) in [6.45, 7) is 4.80. The molecule has 1 aliphatic heterocycles. The number of piperazine rings is 1. The third-order valence-electron chi connectivity index (χ3n) is 7.22. The van der Waals surface area contributed by atoms with E-state index in [0.29, 0.717) is 24.8 Å². The highest BCUT2D eigenvalue weighted by Crippen LogP contribution is 2.43. The summed E-state index contributed by atoms with van der Waals surface area (Å²) in [5, 5.41) is 4.14. The number of hydrogen-bond acceptors (Lipinski definition) is 5. The van der Waals surface area contributed by atoms with Gasteiger partial charge in [-0.25, -0.2) is 4.39 Å². The van der Waals surface area contributed by atoms with Crippen molar-refractivity contribution in [1.29, 1.82) is 0 Å². The third-order valence-corrected chi connectivity index (χ3v) is 7.22. The Balaban J connectivity index is 1.26. The molecule has 0 spiro atoms. The molecule has 33 heavy (non-hydrogen) atoms. The highest BCUT2D eigenvalue weighted by atomic mass is 19.1. The number of carbonyl (C=O) groups excluding carboxylic acids is 1. The zero-order chi connectivity index (χ0) is 22.8. The van der Waals surface area contributed by atoms with Crippen LogP contribution in [0.2, 0.25) is 0 Å². The maximum Gasteiger partial charge on any atom is 0.244 e. The van der Waals surface area contributed by atoms with E-state index in [0.717, 1.165) is 49.9 Å². The number of rotatable bonds is 5. The molecule has 1 saturated heterocycles. The van der Waals surface area contributed by atoms with E-state index in [1.807, 2.05) is 41.3 Å². The van der Waals surface area contributed by atoms with E-state index in [9.17, 15) is 9.18 Å². The van der Waals surface area contributed by atoms with Gasteiger partial charge in [-0.05, 0) is 37.5 Å². The SMILES string of the molecule is CC(c1nc(-c2ccccc2)no1)N1CCN(C(=O)C2(c3cccc(F)c3)CCCC2)CC1. The van der Waals surface area contributed by atoms with E-state index >= 15 is 0 Å². The summed E-state index contributed by atoms with van der Waals surface area (Å²) in [4.78, 5) is 22.5. The van der Waals surface area contributed by atoms with Crippen molar-refractivity contribution in [2.75, 3.05) is 26.2 Å². The van der Waals surface area contributed by atoms with Crippen LogP contribution in [0.15, 0.2) is 59.1 Å². The molecule has 1 amide bonds. The van der Waals surface area contributed by atoms with Crippen LogP contribution in [0.5, 0.6) is 0 Å². The Bertz CT molecular complexity index is 1100. The van der Waals surface area contributed by atoms with Gasteiger partial charge in [-0.15, -0.1) is 0 Å². The highest BCUT2D eigenvalue weighted by molar-refractivity contribution is 5.88. The average molecular weight is 449 g/mol. The summed E-state index contributed by atoms with van der Waals surface area (Å²) in [5.41, 5.74) is 1.15. The molecule has 7 heteroatoms. The molecule has 0 radical (unpaired) electrons. The van der Waals surface area contributed by atoms with E-state index in [4.69, 9.17) is 4.52 Å². The second kappa shape index (κ2) is 9.06. The van der Waals surface area contributed by atoms with Crippen LogP contribution in [-0.2, 0) is 10.2 Å². The molecule has 1 aromatic heterocycles. The predicted octanol–water partition coefficient (Wildman–Crippen LogP) is 4.59. The van der Waals surface area contributed by atoms with Crippen LogP contribution in [0.25, 0.3) is 11.4 Å². The smallest absolute Gasteiger partial charge is 0.244 e. The van der Waals surface area contributed by atoms with E-state index in [1.54, 1.807) is 12.1 Å². The second-order valence-electron chi connectivity index (χ2n) is 9.13. The molecule has 0 bridgehead atoms. The summed E-state index contributed by atoms with van der Waals surface area (Å²) < 4.78 is 19.5. The zero-order valence-electron chi connectivity index (χ0n) is 18.9. The summed E-state index contributed by atoms with van der Waals surface area (Å²) in [5.74, 6) is 1.03.